The first-order valence-electron chi connectivity index (χ1n) is 6.71. The summed E-state index contributed by atoms with van der Waals surface area (Å²) in [4.78, 5) is -0.0829. The van der Waals surface area contributed by atoms with Crippen molar-refractivity contribution in [3.8, 4) is 0 Å². The number of halogens is 2. The number of rotatable bonds is 4. The van der Waals surface area contributed by atoms with Gasteiger partial charge in [0.15, 0.2) is 0 Å². The normalized spacial score (nSPS) is 20.6. The van der Waals surface area contributed by atoms with Crippen molar-refractivity contribution in [3.05, 3.63) is 22.4 Å². The van der Waals surface area contributed by atoms with E-state index in [0.29, 0.717) is 19.5 Å². The first-order valence-corrected chi connectivity index (χ1v) is 8.95. The van der Waals surface area contributed by atoms with Crippen LogP contribution in [0.4, 0.5) is 10.1 Å². The molecule has 0 amide bonds. The van der Waals surface area contributed by atoms with E-state index in [9.17, 15) is 12.8 Å². The number of hydrogen-bond acceptors (Lipinski definition) is 4. The molecule has 1 heterocycles. The highest BCUT2D eigenvalue weighted by atomic mass is 79.9. The molecule has 1 aliphatic rings. The molecular weight excluding hydrogens is 363 g/mol. The van der Waals surface area contributed by atoms with E-state index >= 15 is 0 Å². The van der Waals surface area contributed by atoms with E-state index in [0.717, 1.165) is 18.9 Å². The van der Waals surface area contributed by atoms with E-state index in [1.807, 2.05) is 0 Å². The molecule has 1 aromatic rings. The average Bonchev–Trinajstić information content (AvgIpc) is 2.43. The highest BCUT2D eigenvalue weighted by Gasteiger charge is 2.31. The third-order valence-electron chi connectivity index (χ3n) is 3.69. The molecule has 118 valence electrons. The summed E-state index contributed by atoms with van der Waals surface area (Å²) >= 11 is 2.99. The third kappa shape index (κ3) is 3.56. The van der Waals surface area contributed by atoms with E-state index in [-0.39, 0.29) is 27.6 Å². The maximum Gasteiger partial charge on any atom is 0.245 e. The highest BCUT2D eigenvalue weighted by molar-refractivity contribution is 9.10. The summed E-state index contributed by atoms with van der Waals surface area (Å²) in [7, 11) is -3.75. The Morgan fingerprint density at radius 1 is 1.48 bits per heavy atom. The predicted molar refractivity (Wildman–Crippen MR) is 81.7 cm³/mol. The summed E-state index contributed by atoms with van der Waals surface area (Å²) in [5.41, 5.74) is 5.57. The summed E-state index contributed by atoms with van der Waals surface area (Å²) < 4.78 is 40.1. The van der Waals surface area contributed by atoms with Crippen molar-refractivity contribution in [2.24, 2.45) is 5.92 Å². The fraction of sp³-hybridized carbons (Fsp3) is 0.538. The molecule has 1 unspecified atom stereocenters. The molecule has 1 fully saturated rings. The van der Waals surface area contributed by atoms with E-state index in [1.54, 1.807) is 0 Å². The lowest BCUT2D eigenvalue weighted by atomic mass is 9.97. The quantitative estimate of drug-likeness (QED) is 0.781. The van der Waals surface area contributed by atoms with E-state index < -0.39 is 15.8 Å². The van der Waals surface area contributed by atoms with Crippen molar-refractivity contribution in [2.75, 3.05) is 25.4 Å². The Balaban J connectivity index is 2.31. The SMILES string of the molecule is Nc1cc(F)c(Br)cc1S(=O)(=O)N1CCCC(CCO)C1. The van der Waals surface area contributed by atoms with Gasteiger partial charge in [-0.25, -0.2) is 12.8 Å². The van der Waals surface area contributed by atoms with Gasteiger partial charge in [0, 0.05) is 19.7 Å². The number of aliphatic hydroxyl groups is 1. The maximum absolute atomic E-state index is 13.4. The summed E-state index contributed by atoms with van der Waals surface area (Å²) in [6.45, 7) is 0.818. The number of benzene rings is 1. The number of nitrogen functional groups attached to an aromatic ring is 1. The molecule has 21 heavy (non-hydrogen) atoms. The fourth-order valence-corrected chi connectivity index (χ4v) is 4.74. The number of hydrogen-bond donors (Lipinski definition) is 2. The Hall–Kier alpha value is -0.700. The molecule has 0 saturated carbocycles. The summed E-state index contributed by atoms with van der Waals surface area (Å²) in [5.74, 6) is -0.452. The van der Waals surface area contributed by atoms with Crippen LogP contribution in [0.2, 0.25) is 0 Å². The molecule has 1 aliphatic heterocycles. The molecule has 0 aliphatic carbocycles. The molecule has 1 saturated heterocycles. The highest BCUT2D eigenvalue weighted by Crippen LogP contribution is 2.31. The molecule has 3 N–H and O–H groups in total. The molecular formula is C13H18BrFN2O3S. The van der Waals surface area contributed by atoms with Crippen LogP contribution >= 0.6 is 15.9 Å². The first-order chi connectivity index (χ1) is 9.86. The van der Waals surface area contributed by atoms with Crippen molar-refractivity contribution in [2.45, 2.75) is 24.2 Å². The van der Waals surface area contributed by atoms with Crippen molar-refractivity contribution in [3.63, 3.8) is 0 Å². The molecule has 1 aromatic carbocycles. The van der Waals surface area contributed by atoms with Gasteiger partial charge in [0.25, 0.3) is 0 Å². The molecule has 2 rings (SSSR count). The lowest BCUT2D eigenvalue weighted by Crippen LogP contribution is -2.40. The summed E-state index contributed by atoms with van der Waals surface area (Å²) in [5, 5.41) is 9.00. The summed E-state index contributed by atoms with van der Waals surface area (Å²) in [6, 6.07) is 2.21. The Kier molecular flexibility index (Phi) is 5.24. The first kappa shape index (κ1) is 16.7. The number of sulfonamides is 1. The monoisotopic (exact) mass is 380 g/mol. The second-order valence-corrected chi connectivity index (χ2v) is 7.95. The van der Waals surface area contributed by atoms with Crippen LogP contribution in [0.5, 0.6) is 0 Å². The van der Waals surface area contributed by atoms with E-state index in [4.69, 9.17) is 10.8 Å². The van der Waals surface area contributed by atoms with Crippen LogP contribution in [-0.2, 0) is 10.0 Å². The van der Waals surface area contributed by atoms with Gasteiger partial charge < -0.3 is 10.8 Å². The number of anilines is 1. The number of nitrogens with two attached hydrogens (primary N) is 1. The minimum absolute atomic E-state index is 0.0444. The summed E-state index contributed by atoms with van der Waals surface area (Å²) in [6.07, 6.45) is 2.22. The maximum atomic E-state index is 13.4. The predicted octanol–water partition coefficient (Wildman–Crippen LogP) is 1.95. The zero-order valence-corrected chi connectivity index (χ0v) is 13.8. The van der Waals surface area contributed by atoms with Gasteiger partial charge in [-0.2, -0.15) is 4.31 Å². The number of aliphatic hydroxyl groups excluding tert-OH is 1. The van der Waals surface area contributed by atoms with Gasteiger partial charge in [-0.3, -0.25) is 0 Å². The van der Waals surface area contributed by atoms with Crippen LogP contribution in [0.3, 0.4) is 0 Å². The lowest BCUT2D eigenvalue weighted by molar-refractivity contribution is 0.203. The molecule has 8 heteroatoms. The van der Waals surface area contributed by atoms with Gasteiger partial charge in [-0.15, -0.1) is 0 Å². The largest absolute Gasteiger partial charge is 0.398 e. The zero-order valence-electron chi connectivity index (χ0n) is 11.4. The van der Waals surface area contributed by atoms with Crippen molar-refractivity contribution >= 4 is 31.6 Å². The Bertz CT molecular complexity index is 622. The Morgan fingerprint density at radius 2 is 2.19 bits per heavy atom. The van der Waals surface area contributed by atoms with Gasteiger partial charge >= 0.3 is 0 Å². The molecule has 0 bridgehead atoms. The van der Waals surface area contributed by atoms with E-state index in [2.05, 4.69) is 15.9 Å². The Labute approximate surface area is 132 Å². The molecule has 0 aromatic heterocycles. The van der Waals surface area contributed by atoms with Gasteiger partial charge in [0.1, 0.15) is 10.7 Å². The van der Waals surface area contributed by atoms with Crippen LogP contribution in [0.15, 0.2) is 21.5 Å². The van der Waals surface area contributed by atoms with Crippen LogP contribution in [0.1, 0.15) is 19.3 Å². The number of nitrogens with zero attached hydrogens (tertiary/aromatic N) is 1. The minimum Gasteiger partial charge on any atom is -0.398 e. The van der Waals surface area contributed by atoms with Crippen LogP contribution in [0, 0.1) is 11.7 Å². The fourth-order valence-electron chi connectivity index (χ4n) is 2.57. The molecule has 0 spiro atoms. The van der Waals surface area contributed by atoms with Crippen LogP contribution < -0.4 is 5.73 Å². The second-order valence-electron chi connectivity index (χ2n) is 5.19. The average molecular weight is 381 g/mol. The smallest absolute Gasteiger partial charge is 0.245 e. The van der Waals surface area contributed by atoms with Crippen LogP contribution in [0.25, 0.3) is 0 Å². The lowest BCUT2D eigenvalue weighted by Gasteiger charge is -2.32. The minimum atomic E-state index is -3.75. The van der Waals surface area contributed by atoms with Crippen molar-refractivity contribution in [1.82, 2.24) is 4.31 Å². The molecule has 1 atom stereocenters. The van der Waals surface area contributed by atoms with E-state index in [1.165, 1.54) is 10.4 Å². The van der Waals surface area contributed by atoms with Gasteiger partial charge in [-0.1, -0.05) is 0 Å². The zero-order chi connectivity index (χ0) is 15.6. The second kappa shape index (κ2) is 6.60. The Morgan fingerprint density at radius 3 is 2.86 bits per heavy atom. The third-order valence-corrected chi connectivity index (χ3v) is 6.22. The van der Waals surface area contributed by atoms with Crippen LogP contribution in [-0.4, -0.2) is 37.5 Å². The number of piperidine rings is 1. The van der Waals surface area contributed by atoms with Crippen molar-refractivity contribution in [1.29, 1.82) is 0 Å². The standard InChI is InChI=1S/C13H18BrFN2O3S/c14-10-6-13(12(16)7-11(10)15)21(19,20)17-4-1-2-9(8-17)3-5-18/h6-7,9,18H,1-5,8,16H2. The van der Waals surface area contributed by atoms with Gasteiger partial charge in [-0.05, 0) is 53.2 Å². The topological polar surface area (TPSA) is 83.6 Å². The molecule has 5 nitrogen and oxygen atoms in total. The van der Waals surface area contributed by atoms with Crippen molar-refractivity contribution < 1.29 is 17.9 Å². The van der Waals surface area contributed by atoms with Gasteiger partial charge in [0.2, 0.25) is 10.0 Å². The van der Waals surface area contributed by atoms with Gasteiger partial charge in [0.05, 0.1) is 10.2 Å². The molecule has 0 radical (unpaired) electrons.